The second-order valence-electron chi connectivity index (χ2n) is 18.5. The molecule has 1 N–H and O–H groups in total. The number of hydrogen-bond acceptors (Lipinski definition) is 9. The predicted molar refractivity (Wildman–Crippen MR) is 262 cm³/mol. The number of nitrogens with zero attached hydrogens (tertiary/aromatic N) is 3. The summed E-state index contributed by atoms with van der Waals surface area (Å²) in [6, 6.07) is 25.1. The van der Waals surface area contributed by atoms with Gasteiger partial charge in [-0.1, -0.05) is 99.5 Å². The third-order valence-corrected chi connectivity index (χ3v) is 14.9. The SMILES string of the molecule is C[N+]1=C(C=CC=CC=C2N(CCCCCC(=O)NCCCCCC(=O)N3Cc4ccccc4/C=C\c4ccccc43)c3ccc(S(=O)(=O)[O-])cc3C2(C)C)C(C)(C)c2cc(S(=O)(=O)[O-])ccc21.[K+]. The van der Waals surface area contributed by atoms with Gasteiger partial charge in [-0.2, -0.15) is 4.58 Å². The van der Waals surface area contributed by atoms with Crippen molar-refractivity contribution in [2.45, 2.75) is 106 Å². The number of amides is 2. The van der Waals surface area contributed by atoms with Gasteiger partial charge in [-0.25, -0.2) is 16.8 Å². The molecule has 68 heavy (non-hydrogen) atoms. The van der Waals surface area contributed by atoms with E-state index in [0.717, 1.165) is 88.4 Å². The molecule has 0 atom stereocenters. The van der Waals surface area contributed by atoms with Gasteiger partial charge in [0.1, 0.15) is 27.3 Å². The van der Waals surface area contributed by atoms with E-state index in [9.17, 15) is 35.5 Å². The van der Waals surface area contributed by atoms with Crippen LogP contribution >= 0.6 is 0 Å². The molecular formula is C53H59KN4O8S2. The maximum absolute atomic E-state index is 13.6. The molecule has 0 bridgehead atoms. The Morgan fingerprint density at radius 1 is 0.706 bits per heavy atom. The first-order valence-corrected chi connectivity index (χ1v) is 25.7. The van der Waals surface area contributed by atoms with Crippen molar-refractivity contribution in [3.05, 3.63) is 149 Å². The van der Waals surface area contributed by atoms with Crippen LogP contribution in [0.15, 0.2) is 131 Å². The fourth-order valence-corrected chi connectivity index (χ4v) is 10.5. The summed E-state index contributed by atoms with van der Waals surface area (Å²) < 4.78 is 73.4. The molecule has 352 valence electrons. The van der Waals surface area contributed by atoms with E-state index >= 15 is 0 Å². The molecule has 0 spiro atoms. The quantitative estimate of drug-likeness (QED) is 0.0423. The van der Waals surface area contributed by atoms with E-state index < -0.39 is 31.1 Å². The number of fused-ring (bicyclic) bond motifs is 4. The number of allylic oxidation sites excluding steroid dienone is 6. The molecule has 4 aromatic rings. The third kappa shape index (κ3) is 12.0. The minimum Gasteiger partial charge on any atom is -0.744 e. The largest absolute Gasteiger partial charge is 1.00 e. The van der Waals surface area contributed by atoms with Crippen molar-refractivity contribution >= 4 is 67.0 Å². The van der Waals surface area contributed by atoms with Gasteiger partial charge < -0.3 is 24.2 Å². The summed E-state index contributed by atoms with van der Waals surface area (Å²) in [4.78, 5) is 29.8. The zero-order valence-corrected chi connectivity index (χ0v) is 44.6. The van der Waals surface area contributed by atoms with Crippen LogP contribution in [0.2, 0.25) is 0 Å². The summed E-state index contributed by atoms with van der Waals surface area (Å²) >= 11 is 0. The van der Waals surface area contributed by atoms with Gasteiger partial charge in [0.2, 0.25) is 17.5 Å². The standard InChI is InChI=1S/C53H60N4O8S2.K/c1-52(2)43-35-41(66(60,61)62)29-31-46(43)55(5)48(52)23-9-6-10-24-49-53(3,4)44-36-42(67(63,64)65)30-32-47(44)56(49)34-18-8-11-25-50(58)54-33-17-7-12-26-51(59)57-37-40-21-14-13-19-38(40)27-28-39-20-15-16-22-45(39)57;/h6,9-10,13-16,19-24,27-32,35-36H,7-8,11-12,17-18,25-26,33-34,37H2,1-5H3,(H2-,54,58,60,61,62,63,64,65);/q;+1/p-1/b28-27-;. The molecule has 3 aliphatic heterocycles. The molecule has 0 unspecified atom stereocenters. The molecular weight excluding hydrogens is 924 g/mol. The van der Waals surface area contributed by atoms with Crippen molar-refractivity contribution in [2.75, 3.05) is 29.9 Å². The number of anilines is 2. The van der Waals surface area contributed by atoms with Gasteiger partial charge in [-0.3, -0.25) is 9.59 Å². The summed E-state index contributed by atoms with van der Waals surface area (Å²) in [6.45, 7) is 9.62. The smallest absolute Gasteiger partial charge is 0.744 e. The topological polar surface area (TPSA) is 170 Å². The maximum Gasteiger partial charge on any atom is 1.00 e. The van der Waals surface area contributed by atoms with Crippen LogP contribution in [-0.4, -0.2) is 68.2 Å². The first kappa shape index (κ1) is 53.1. The van der Waals surface area contributed by atoms with Crippen molar-refractivity contribution in [3.8, 4) is 0 Å². The Morgan fingerprint density at radius 2 is 1.34 bits per heavy atom. The number of rotatable bonds is 17. The van der Waals surface area contributed by atoms with Crippen molar-refractivity contribution in [3.63, 3.8) is 0 Å². The molecule has 12 nitrogen and oxygen atoms in total. The number of benzene rings is 4. The van der Waals surface area contributed by atoms with Gasteiger partial charge >= 0.3 is 51.4 Å². The monoisotopic (exact) mass is 982 g/mol. The number of para-hydroxylation sites is 1. The first-order valence-electron chi connectivity index (χ1n) is 22.9. The Bertz CT molecular complexity index is 2950. The van der Waals surface area contributed by atoms with Crippen molar-refractivity contribution in [2.24, 2.45) is 0 Å². The Morgan fingerprint density at radius 3 is 2.07 bits per heavy atom. The van der Waals surface area contributed by atoms with E-state index in [1.165, 1.54) is 24.3 Å². The summed E-state index contributed by atoms with van der Waals surface area (Å²) in [5, 5.41) is 3.04. The summed E-state index contributed by atoms with van der Waals surface area (Å²) in [7, 11) is -7.39. The molecule has 7 rings (SSSR count). The second-order valence-corrected chi connectivity index (χ2v) is 21.2. The van der Waals surface area contributed by atoms with E-state index in [1.54, 1.807) is 12.1 Å². The van der Waals surface area contributed by atoms with Crippen LogP contribution in [0.1, 0.15) is 107 Å². The summed E-state index contributed by atoms with van der Waals surface area (Å²) in [5.74, 6) is 0.0762. The third-order valence-electron chi connectivity index (χ3n) is 13.2. The maximum atomic E-state index is 13.6. The molecule has 15 heteroatoms. The van der Waals surface area contributed by atoms with Crippen LogP contribution in [0.5, 0.6) is 0 Å². The number of nitrogens with one attached hydrogen (secondary N) is 1. The van der Waals surface area contributed by atoms with E-state index in [2.05, 4.69) is 34.5 Å². The van der Waals surface area contributed by atoms with Crippen LogP contribution in [0, 0.1) is 0 Å². The molecule has 0 aliphatic carbocycles. The summed E-state index contributed by atoms with van der Waals surface area (Å²) in [6.07, 6.45) is 19.2. The predicted octanol–water partition coefficient (Wildman–Crippen LogP) is 6.25. The molecule has 0 fully saturated rings. The van der Waals surface area contributed by atoms with Gasteiger partial charge in [0, 0.05) is 60.4 Å². The molecule has 3 heterocycles. The average Bonchev–Trinajstić information content (AvgIpc) is 3.60. The Hall–Kier alpha value is -4.29. The number of carbonyl (C=O) groups is 2. The normalized spacial score (nSPS) is 17.1. The molecule has 4 aromatic carbocycles. The van der Waals surface area contributed by atoms with Crippen LogP contribution in [0.3, 0.4) is 0 Å². The van der Waals surface area contributed by atoms with Crippen molar-refractivity contribution < 1.29 is 91.5 Å². The van der Waals surface area contributed by atoms with Crippen molar-refractivity contribution in [1.82, 2.24) is 5.32 Å². The van der Waals surface area contributed by atoms with Gasteiger partial charge in [0.05, 0.1) is 27.4 Å². The van der Waals surface area contributed by atoms with E-state index in [0.29, 0.717) is 38.9 Å². The Labute approximate surface area is 444 Å². The van der Waals surface area contributed by atoms with Crippen molar-refractivity contribution in [1.29, 1.82) is 0 Å². The molecule has 2 amide bonds. The number of carbonyl (C=O) groups excluding carboxylic acids is 2. The number of hydrogen-bond donors (Lipinski definition) is 1. The Kier molecular flexibility index (Phi) is 17.3. The molecule has 0 radical (unpaired) electrons. The zero-order chi connectivity index (χ0) is 48.1. The molecule has 0 saturated heterocycles. The van der Waals surface area contributed by atoms with Gasteiger partial charge in [0.25, 0.3) is 0 Å². The minimum atomic E-state index is -4.67. The van der Waals surface area contributed by atoms with Crippen LogP contribution in [0.25, 0.3) is 12.2 Å². The zero-order valence-electron chi connectivity index (χ0n) is 39.8. The van der Waals surface area contributed by atoms with Gasteiger partial charge in [-0.05, 0) is 104 Å². The molecule has 0 aromatic heterocycles. The average molecular weight is 983 g/mol. The second kappa shape index (κ2) is 22.2. The van der Waals surface area contributed by atoms with Crippen LogP contribution < -0.4 is 66.5 Å². The number of unbranched alkanes of at least 4 members (excludes halogenated alkanes) is 4. The fraction of sp³-hybridized carbons (Fsp3) is 0.340. The van der Waals surface area contributed by atoms with Gasteiger partial charge in [0.15, 0.2) is 5.71 Å². The van der Waals surface area contributed by atoms with Gasteiger partial charge in [-0.15, -0.1) is 0 Å². The van der Waals surface area contributed by atoms with Crippen LogP contribution in [0.4, 0.5) is 17.1 Å². The van der Waals surface area contributed by atoms with E-state index in [1.807, 2.05) is 111 Å². The van der Waals surface area contributed by atoms with Crippen LogP contribution in [-0.2, 0) is 47.2 Å². The minimum absolute atomic E-state index is 0. The fourth-order valence-electron chi connectivity index (χ4n) is 9.51. The summed E-state index contributed by atoms with van der Waals surface area (Å²) in [5.41, 5.74) is 7.87. The molecule has 3 aliphatic rings. The van der Waals surface area contributed by atoms with E-state index in [-0.39, 0.29) is 73.0 Å². The van der Waals surface area contributed by atoms with E-state index in [4.69, 9.17) is 0 Å². The Balaban J connectivity index is 0.00000761. The molecule has 0 saturated carbocycles. The first-order chi connectivity index (χ1) is 31.8.